The molecule has 0 aliphatic rings. The molecule has 0 atom stereocenters. The van der Waals surface area contributed by atoms with Crippen LogP contribution in [0.25, 0.3) is 11.1 Å². The van der Waals surface area contributed by atoms with Gasteiger partial charge in [-0.05, 0) is 28.8 Å². The molecule has 94 valence electrons. The van der Waals surface area contributed by atoms with E-state index < -0.39 is 0 Å². The summed E-state index contributed by atoms with van der Waals surface area (Å²) in [5.74, 6) is 0.555. The van der Waals surface area contributed by atoms with Gasteiger partial charge >= 0.3 is 0 Å². The van der Waals surface area contributed by atoms with Gasteiger partial charge in [-0.15, -0.1) is 0 Å². The Hall–Kier alpha value is -1.87. The number of pyridine rings is 1. The molecule has 1 aromatic carbocycles. The highest BCUT2D eigenvalue weighted by atomic mass is 14.9. The Morgan fingerprint density at radius 3 is 2.72 bits per heavy atom. The number of nitrogens with two attached hydrogens (primary N) is 1. The van der Waals surface area contributed by atoms with Crippen molar-refractivity contribution in [1.82, 2.24) is 10.3 Å². The van der Waals surface area contributed by atoms with Crippen LogP contribution in [0.2, 0.25) is 0 Å². The second-order valence-electron chi connectivity index (χ2n) is 4.66. The number of anilines is 1. The lowest BCUT2D eigenvalue weighted by Crippen LogP contribution is -2.22. The van der Waals surface area contributed by atoms with E-state index in [9.17, 15) is 0 Å². The van der Waals surface area contributed by atoms with Crippen LogP contribution >= 0.6 is 0 Å². The molecule has 1 heterocycles. The van der Waals surface area contributed by atoms with Crippen LogP contribution in [0.5, 0.6) is 0 Å². The zero-order valence-corrected chi connectivity index (χ0v) is 10.9. The summed E-state index contributed by atoms with van der Waals surface area (Å²) in [6.07, 6.45) is 1.75. The number of nitrogens with one attached hydrogen (secondary N) is 1. The summed E-state index contributed by atoms with van der Waals surface area (Å²) in [5, 5.41) is 3.44. The van der Waals surface area contributed by atoms with Gasteiger partial charge in [0.25, 0.3) is 0 Å². The van der Waals surface area contributed by atoms with Crippen molar-refractivity contribution in [2.75, 3.05) is 5.73 Å². The molecule has 0 spiro atoms. The van der Waals surface area contributed by atoms with E-state index in [2.05, 4.69) is 42.3 Å². The van der Waals surface area contributed by atoms with E-state index in [-0.39, 0.29) is 0 Å². The number of nitrogen functional groups attached to an aromatic ring is 1. The molecule has 2 rings (SSSR count). The Labute approximate surface area is 108 Å². The molecule has 0 saturated carbocycles. The van der Waals surface area contributed by atoms with Crippen LogP contribution in [-0.4, -0.2) is 11.0 Å². The maximum Gasteiger partial charge on any atom is 0.123 e. The Morgan fingerprint density at radius 1 is 1.22 bits per heavy atom. The van der Waals surface area contributed by atoms with E-state index in [4.69, 9.17) is 5.73 Å². The predicted molar refractivity (Wildman–Crippen MR) is 76.1 cm³/mol. The summed E-state index contributed by atoms with van der Waals surface area (Å²) < 4.78 is 0. The third-order valence-electron chi connectivity index (χ3n) is 2.81. The lowest BCUT2D eigenvalue weighted by atomic mass is 10.0. The first-order valence-corrected chi connectivity index (χ1v) is 6.20. The highest BCUT2D eigenvalue weighted by Crippen LogP contribution is 2.24. The molecule has 0 aliphatic carbocycles. The Morgan fingerprint density at radius 2 is 2.00 bits per heavy atom. The molecule has 3 N–H and O–H groups in total. The highest BCUT2D eigenvalue weighted by Gasteiger charge is 2.05. The first kappa shape index (κ1) is 12.6. The van der Waals surface area contributed by atoms with Gasteiger partial charge in [0.15, 0.2) is 0 Å². The highest BCUT2D eigenvalue weighted by molar-refractivity contribution is 5.69. The molecule has 0 saturated heterocycles. The number of hydrogen-bond donors (Lipinski definition) is 2. The molecule has 0 aliphatic heterocycles. The zero-order chi connectivity index (χ0) is 13.0. The van der Waals surface area contributed by atoms with Crippen molar-refractivity contribution in [1.29, 1.82) is 0 Å². The van der Waals surface area contributed by atoms with E-state index in [0.717, 1.165) is 12.1 Å². The fourth-order valence-electron chi connectivity index (χ4n) is 1.89. The Kier molecular flexibility index (Phi) is 3.95. The SMILES string of the molecule is CC(C)NCc1ccccc1-c1ccnc(N)c1. The van der Waals surface area contributed by atoms with Gasteiger partial charge < -0.3 is 11.1 Å². The average molecular weight is 241 g/mol. The zero-order valence-electron chi connectivity index (χ0n) is 10.9. The van der Waals surface area contributed by atoms with Crippen molar-refractivity contribution in [2.45, 2.75) is 26.4 Å². The van der Waals surface area contributed by atoms with Crippen LogP contribution in [0.3, 0.4) is 0 Å². The minimum Gasteiger partial charge on any atom is -0.384 e. The minimum absolute atomic E-state index is 0.473. The van der Waals surface area contributed by atoms with Crippen LogP contribution in [-0.2, 0) is 6.54 Å². The summed E-state index contributed by atoms with van der Waals surface area (Å²) in [6, 6.07) is 12.7. The third kappa shape index (κ3) is 3.08. The molecule has 3 nitrogen and oxygen atoms in total. The van der Waals surface area contributed by atoms with E-state index in [1.807, 2.05) is 18.2 Å². The Balaban J connectivity index is 2.32. The van der Waals surface area contributed by atoms with Crippen LogP contribution in [0.4, 0.5) is 5.82 Å². The first-order chi connectivity index (χ1) is 8.66. The molecule has 3 heteroatoms. The van der Waals surface area contributed by atoms with E-state index in [1.54, 1.807) is 6.20 Å². The van der Waals surface area contributed by atoms with Crippen molar-refractivity contribution < 1.29 is 0 Å². The van der Waals surface area contributed by atoms with E-state index in [0.29, 0.717) is 11.9 Å². The summed E-state index contributed by atoms with van der Waals surface area (Å²) in [5.41, 5.74) is 9.34. The van der Waals surface area contributed by atoms with Gasteiger partial charge in [0.05, 0.1) is 0 Å². The van der Waals surface area contributed by atoms with Gasteiger partial charge in [-0.25, -0.2) is 4.98 Å². The topological polar surface area (TPSA) is 50.9 Å². The standard InChI is InChI=1S/C15H19N3/c1-11(2)18-10-13-5-3-4-6-14(13)12-7-8-17-15(16)9-12/h3-9,11,18H,10H2,1-2H3,(H2,16,17). The van der Waals surface area contributed by atoms with Crippen LogP contribution < -0.4 is 11.1 Å². The van der Waals surface area contributed by atoms with Gasteiger partial charge in [0.2, 0.25) is 0 Å². The number of hydrogen-bond acceptors (Lipinski definition) is 3. The third-order valence-corrected chi connectivity index (χ3v) is 2.81. The van der Waals surface area contributed by atoms with Crippen molar-refractivity contribution in [3.63, 3.8) is 0 Å². The monoisotopic (exact) mass is 241 g/mol. The van der Waals surface area contributed by atoms with Crippen LogP contribution in [0.15, 0.2) is 42.6 Å². The van der Waals surface area contributed by atoms with Gasteiger partial charge in [-0.3, -0.25) is 0 Å². The molecule has 0 fully saturated rings. The molecule has 0 bridgehead atoms. The largest absolute Gasteiger partial charge is 0.384 e. The normalized spacial score (nSPS) is 10.8. The second kappa shape index (κ2) is 5.65. The van der Waals surface area contributed by atoms with Crippen LogP contribution in [0, 0.1) is 0 Å². The lowest BCUT2D eigenvalue weighted by molar-refractivity contribution is 0.589. The lowest BCUT2D eigenvalue weighted by Gasteiger charge is -2.13. The number of benzene rings is 1. The number of aromatic nitrogens is 1. The maximum atomic E-state index is 5.74. The van der Waals surface area contributed by atoms with Crippen LogP contribution in [0.1, 0.15) is 19.4 Å². The molecule has 0 amide bonds. The summed E-state index contributed by atoms with van der Waals surface area (Å²) in [6.45, 7) is 5.15. The summed E-state index contributed by atoms with van der Waals surface area (Å²) in [4.78, 5) is 4.03. The predicted octanol–water partition coefficient (Wildman–Crippen LogP) is 2.83. The average Bonchev–Trinajstić information content (AvgIpc) is 2.36. The first-order valence-electron chi connectivity index (χ1n) is 6.20. The van der Waals surface area contributed by atoms with E-state index in [1.165, 1.54) is 11.1 Å². The van der Waals surface area contributed by atoms with Gasteiger partial charge in [0.1, 0.15) is 5.82 Å². The molecular formula is C15H19N3. The maximum absolute atomic E-state index is 5.74. The van der Waals surface area contributed by atoms with E-state index >= 15 is 0 Å². The van der Waals surface area contributed by atoms with Crippen molar-refractivity contribution in [2.24, 2.45) is 0 Å². The molecule has 1 aromatic heterocycles. The molecule has 0 unspecified atom stereocenters. The molecule has 18 heavy (non-hydrogen) atoms. The fourth-order valence-corrected chi connectivity index (χ4v) is 1.89. The minimum atomic E-state index is 0.473. The smallest absolute Gasteiger partial charge is 0.123 e. The van der Waals surface area contributed by atoms with Gasteiger partial charge in [0, 0.05) is 18.8 Å². The molecule has 0 radical (unpaired) electrons. The molecule has 2 aromatic rings. The fraction of sp³-hybridized carbons (Fsp3) is 0.267. The Bertz CT molecular complexity index is 521. The van der Waals surface area contributed by atoms with Crippen molar-refractivity contribution >= 4 is 5.82 Å². The van der Waals surface area contributed by atoms with Gasteiger partial charge in [-0.2, -0.15) is 0 Å². The quantitative estimate of drug-likeness (QED) is 0.865. The van der Waals surface area contributed by atoms with Crippen molar-refractivity contribution in [3.8, 4) is 11.1 Å². The van der Waals surface area contributed by atoms with Gasteiger partial charge in [-0.1, -0.05) is 38.1 Å². The number of rotatable bonds is 4. The second-order valence-corrected chi connectivity index (χ2v) is 4.66. The molecular weight excluding hydrogens is 222 g/mol. The summed E-state index contributed by atoms with van der Waals surface area (Å²) >= 11 is 0. The summed E-state index contributed by atoms with van der Waals surface area (Å²) in [7, 11) is 0. The van der Waals surface area contributed by atoms with Crippen molar-refractivity contribution in [3.05, 3.63) is 48.2 Å². The number of nitrogens with zero attached hydrogens (tertiary/aromatic N) is 1.